The van der Waals surface area contributed by atoms with E-state index in [1.54, 1.807) is 0 Å². The number of rotatable bonds is 4. The Balaban J connectivity index is 1.77. The van der Waals surface area contributed by atoms with Crippen molar-refractivity contribution in [3.63, 3.8) is 0 Å². The third-order valence-corrected chi connectivity index (χ3v) is 3.80. The molecule has 1 saturated carbocycles. The van der Waals surface area contributed by atoms with Crippen molar-refractivity contribution in [1.29, 1.82) is 0 Å². The number of benzene rings is 1. The summed E-state index contributed by atoms with van der Waals surface area (Å²) < 4.78 is 10.7. The van der Waals surface area contributed by atoms with Crippen LogP contribution in [-0.2, 0) is 9.53 Å². The second kappa shape index (κ2) is 6.60. The summed E-state index contributed by atoms with van der Waals surface area (Å²) in [6.45, 7) is 2.07. The molecular weight excluding hydrogens is 240 g/mol. The van der Waals surface area contributed by atoms with E-state index in [4.69, 9.17) is 9.47 Å². The van der Waals surface area contributed by atoms with E-state index < -0.39 is 0 Å². The molecule has 3 heteroatoms. The lowest BCUT2D eigenvalue weighted by Crippen LogP contribution is -2.25. The summed E-state index contributed by atoms with van der Waals surface area (Å²) in [5, 5.41) is 0. The number of methoxy groups -OCH3 is 1. The summed E-state index contributed by atoms with van der Waals surface area (Å²) in [5.41, 5.74) is 1.24. The van der Waals surface area contributed by atoms with Crippen molar-refractivity contribution in [3.05, 3.63) is 29.8 Å². The molecule has 1 fully saturated rings. The van der Waals surface area contributed by atoms with Crippen LogP contribution >= 0.6 is 0 Å². The summed E-state index contributed by atoms with van der Waals surface area (Å²) in [6.07, 6.45) is 4.98. The van der Waals surface area contributed by atoms with Crippen molar-refractivity contribution in [3.8, 4) is 5.75 Å². The van der Waals surface area contributed by atoms with E-state index in [-0.39, 0.29) is 12.1 Å². The molecule has 0 amide bonds. The van der Waals surface area contributed by atoms with Gasteiger partial charge >= 0.3 is 5.97 Å². The van der Waals surface area contributed by atoms with Gasteiger partial charge in [-0.05, 0) is 50.7 Å². The second-order valence-corrected chi connectivity index (χ2v) is 5.35. The molecule has 3 nitrogen and oxygen atoms in total. The van der Waals surface area contributed by atoms with Gasteiger partial charge in [-0.25, -0.2) is 0 Å². The van der Waals surface area contributed by atoms with Gasteiger partial charge in [0.15, 0.2) is 0 Å². The highest BCUT2D eigenvalue weighted by atomic mass is 16.5. The Labute approximate surface area is 114 Å². The van der Waals surface area contributed by atoms with Crippen LogP contribution in [0.3, 0.4) is 0 Å². The summed E-state index contributed by atoms with van der Waals surface area (Å²) in [7, 11) is 1.45. The molecule has 0 aromatic heterocycles. The number of hydrogen-bond donors (Lipinski definition) is 0. The van der Waals surface area contributed by atoms with Crippen molar-refractivity contribution in [2.75, 3.05) is 7.11 Å². The molecule has 0 radical (unpaired) electrons. The number of carbonyl (C=O) groups excluding carboxylic acids is 1. The normalized spacial score (nSPS) is 22.8. The minimum atomic E-state index is -0.0945. The molecule has 0 spiro atoms. The van der Waals surface area contributed by atoms with E-state index in [1.807, 2.05) is 12.1 Å². The van der Waals surface area contributed by atoms with Gasteiger partial charge in [0.25, 0.3) is 0 Å². The fourth-order valence-corrected chi connectivity index (χ4v) is 2.58. The molecule has 1 aromatic carbocycles. The zero-order valence-electron chi connectivity index (χ0n) is 11.7. The topological polar surface area (TPSA) is 35.5 Å². The van der Waals surface area contributed by atoms with Crippen LogP contribution in [-0.4, -0.2) is 19.2 Å². The Morgan fingerprint density at radius 2 is 1.79 bits per heavy atom. The van der Waals surface area contributed by atoms with Crippen LogP contribution in [0.2, 0.25) is 0 Å². The second-order valence-electron chi connectivity index (χ2n) is 5.35. The van der Waals surface area contributed by atoms with Gasteiger partial charge in [0, 0.05) is 6.42 Å². The quantitative estimate of drug-likeness (QED) is 0.779. The van der Waals surface area contributed by atoms with Crippen molar-refractivity contribution in [2.45, 2.75) is 45.1 Å². The van der Waals surface area contributed by atoms with Crippen molar-refractivity contribution in [2.24, 2.45) is 5.92 Å². The van der Waals surface area contributed by atoms with Gasteiger partial charge in [0.05, 0.1) is 13.2 Å². The van der Waals surface area contributed by atoms with Gasteiger partial charge in [-0.1, -0.05) is 17.7 Å². The van der Waals surface area contributed by atoms with Gasteiger partial charge < -0.3 is 9.47 Å². The highest BCUT2D eigenvalue weighted by molar-refractivity contribution is 5.69. The van der Waals surface area contributed by atoms with E-state index in [1.165, 1.54) is 12.7 Å². The van der Waals surface area contributed by atoms with Crippen LogP contribution in [0.25, 0.3) is 0 Å². The third kappa shape index (κ3) is 4.27. The van der Waals surface area contributed by atoms with Crippen LogP contribution in [0.1, 0.15) is 37.7 Å². The molecule has 0 saturated heterocycles. The fourth-order valence-electron chi connectivity index (χ4n) is 2.58. The molecule has 1 aliphatic carbocycles. The number of esters is 1. The van der Waals surface area contributed by atoms with Gasteiger partial charge in [-0.3, -0.25) is 4.79 Å². The molecule has 0 N–H and O–H groups in total. The number of aryl methyl sites for hydroxylation is 1. The summed E-state index contributed by atoms with van der Waals surface area (Å²) in [5.74, 6) is 1.32. The molecule has 2 rings (SSSR count). The van der Waals surface area contributed by atoms with Crippen LogP contribution in [0, 0.1) is 12.8 Å². The lowest BCUT2D eigenvalue weighted by molar-refractivity contribution is -0.142. The standard InChI is InChI=1S/C16H22O3/c1-12-3-7-14(8-4-12)19-15-9-5-13(6-10-15)11-16(17)18-2/h3-4,7-8,13,15H,5-6,9-11H2,1-2H3/t13-,15-. The van der Waals surface area contributed by atoms with Crippen LogP contribution in [0.4, 0.5) is 0 Å². The minimum Gasteiger partial charge on any atom is -0.490 e. The Kier molecular flexibility index (Phi) is 4.83. The van der Waals surface area contributed by atoms with Crippen LogP contribution in [0.5, 0.6) is 5.75 Å². The average molecular weight is 262 g/mol. The SMILES string of the molecule is COC(=O)C[C@H]1CC[C@H](Oc2ccc(C)cc2)CC1. The fraction of sp³-hybridized carbons (Fsp3) is 0.562. The summed E-state index contributed by atoms with van der Waals surface area (Å²) in [4.78, 5) is 11.2. The van der Waals surface area contributed by atoms with Gasteiger partial charge in [0.1, 0.15) is 5.75 Å². The molecule has 0 bridgehead atoms. The zero-order chi connectivity index (χ0) is 13.7. The molecule has 1 aliphatic rings. The van der Waals surface area contributed by atoms with E-state index in [0.29, 0.717) is 12.3 Å². The Morgan fingerprint density at radius 3 is 2.37 bits per heavy atom. The molecule has 0 unspecified atom stereocenters. The van der Waals surface area contributed by atoms with Crippen molar-refractivity contribution >= 4 is 5.97 Å². The first kappa shape index (κ1) is 13.9. The maximum atomic E-state index is 11.2. The van der Waals surface area contributed by atoms with E-state index in [9.17, 15) is 4.79 Å². The first-order chi connectivity index (χ1) is 9.17. The Morgan fingerprint density at radius 1 is 1.16 bits per heavy atom. The first-order valence-electron chi connectivity index (χ1n) is 6.97. The zero-order valence-corrected chi connectivity index (χ0v) is 11.7. The molecule has 19 heavy (non-hydrogen) atoms. The highest BCUT2D eigenvalue weighted by Gasteiger charge is 2.24. The van der Waals surface area contributed by atoms with E-state index in [2.05, 4.69) is 19.1 Å². The number of carbonyl (C=O) groups is 1. The average Bonchev–Trinajstić information content (AvgIpc) is 2.43. The summed E-state index contributed by atoms with van der Waals surface area (Å²) >= 11 is 0. The molecular formula is C16H22O3. The third-order valence-electron chi connectivity index (χ3n) is 3.80. The highest BCUT2D eigenvalue weighted by Crippen LogP contribution is 2.29. The smallest absolute Gasteiger partial charge is 0.305 e. The Bertz CT molecular complexity index is 403. The maximum Gasteiger partial charge on any atom is 0.305 e. The maximum absolute atomic E-state index is 11.2. The first-order valence-corrected chi connectivity index (χ1v) is 6.97. The lowest BCUT2D eigenvalue weighted by Gasteiger charge is -2.28. The molecule has 0 heterocycles. The molecule has 0 aliphatic heterocycles. The van der Waals surface area contributed by atoms with Crippen LogP contribution < -0.4 is 4.74 Å². The number of ether oxygens (including phenoxy) is 2. The van der Waals surface area contributed by atoms with Gasteiger partial charge in [-0.2, -0.15) is 0 Å². The predicted octanol–water partition coefficient (Wildman–Crippen LogP) is 3.50. The number of hydrogen-bond acceptors (Lipinski definition) is 3. The van der Waals surface area contributed by atoms with Gasteiger partial charge in [-0.15, -0.1) is 0 Å². The van der Waals surface area contributed by atoms with E-state index >= 15 is 0 Å². The summed E-state index contributed by atoms with van der Waals surface area (Å²) in [6, 6.07) is 8.18. The van der Waals surface area contributed by atoms with Gasteiger partial charge in [0.2, 0.25) is 0 Å². The predicted molar refractivity (Wildman–Crippen MR) is 74.2 cm³/mol. The lowest BCUT2D eigenvalue weighted by atomic mass is 9.85. The largest absolute Gasteiger partial charge is 0.490 e. The molecule has 0 atom stereocenters. The Hall–Kier alpha value is -1.51. The van der Waals surface area contributed by atoms with E-state index in [0.717, 1.165) is 31.4 Å². The monoisotopic (exact) mass is 262 g/mol. The van der Waals surface area contributed by atoms with Crippen LogP contribution in [0.15, 0.2) is 24.3 Å². The molecule has 104 valence electrons. The van der Waals surface area contributed by atoms with Crippen molar-refractivity contribution in [1.82, 2.24) is 0 Å². The molecule has 1 aromatic rings. The van der Waals surface area contributed by atoms with Crippen molar-refractivity contribution < 1.29 is 14.3 Å². The minimum absolute atomic E-state index is 0.0945.